The van der Waals surface area contributed by atoms with E-state index in [-0.39, 0.29) is 12.5 Å². The Morgan fingerprint density at radius 2 is 2.17 bits per heavy atom. The molecule has 0 saturated heterocycles. The second-order valence-corrected chi connectivity index (χ2v) is 5.79. The molecule has 0 spiro atoms. The Bertz CT molecular complexity index is 616. The lowest BCUT2D eigenvalue weighted by Crippen LogP contribution is -2.39. The van der Waals surface area contributed by atoms with Crippen molar-refractivity contribution in [3.05, 3.63) is 29.1 Å². The number of thiophene rings is 1. The summed E-state index contributed by atoms with van der Waals surface area (Å²) in [5, 5.41) is 13.0. The molecule has 18 heavy (non-hydrogen) atoms. The van der Waals surface area contributed by atoms with Gasteiger partial charge in [0.15, 0.2) is 0 Å². The van der Waals surface area contributed by atoms with Crippen LogP contribution in [0.4, 0.5) is 5.69 Å². The number of aliphatic hydroxyl groups excluding tert-OH is 1. The Hall–Kier alpha value is -1.59. The zero-order valence-corrected chi connectivity index (χ0v) is 10.6. The lowest BCUT2D eigenvalue weighted by atomic mass is 10.2. The van der Waals surface area contributed by atoms with E-state index in [1.54, 1.807) is 0 Å². The fourth-order valence-corrected chi connectivity index (χ4v) is 3.02. The first-order valence-corrected chi connectivity index (χ1v) is 6.67. The molecule has 0 unspecified atom stereocenters. The molecular weight excluding hydrogens is 248 g/mol. The second kappa shape index (κ2) is 3.96. The van der Waals surface area contributed by atoms with Crippen LogP contribution in [0.1, 0.15) is 22.5 Å². The molecule has 2 aromatic rings. The van der Waals surface area contributed by atoms with Gasteiger partial charge in [-0.15, -0.1) is 11.3 Å². The minimum Gasteiger partial charge on any atom is -0.397 e. The van der Waals surface area contributed by atoms with Crippen LogP contribution in [0, 0.1) is 0 Å². The van der Waals surface area contributed by atoms with E-state index in [9.17, 15) is 9.90 Å². The minimum atomic E-state index is -0.403. The number of fused-ring (bicyclic) bond motifs is 1. The first-order valence-electron chi connectivity index (χ1n) is 5.86. The fourth-order valence-electron chi connectivity index (χ4n) is 2.01. The number of anilines is 1. The highest BCUT2D eigenvalue weighted by Crippen LogP contribution is 2.37. The van der Waals surface area contributed by atoms with Gasteiger partial charge in [0.25, 0.3) is 5.91 Å². The van der Waals surface area contributed by atoms with Crippen molar-refractivity contribution in [3.63, 3.8) is 0 Å². The van der Waals surface area contributed by atoms with Crippen LogP contribution >= 0.6 is 11.3 Å². The summed E-state index contributed by atoms with van der Waals surface area (Å²) in [5.74, 6) is -0.180. The Kier molecular flexibility index (Phi) is 2.53. The van der Waals surface area contributed by atoms with E-state index in [4.69, 9.17) is 5.73 Å². The first-order chi connectivity index (χ1) is 8.65. The van der Waals surface area contributed by atoms with Crippen molar-refractivity contribution in [2.75, 3.05) is 12.3 Å². The molecule has 0 radical (unpaired) electrons. The molecule has 94 valence electrons. The van der Waals surface area contributed by atoms with Gasteiger partial charge in [0.2, 0.25) is 0 Å². The molecule has 1 aromatic carbocycles. The van der Waals surface area contributed by atoms with Gasteiger partial charge in [-0.3, -0.25) is 4.79 Å². The summed E-state index contributed by atoms with van der Waals surface area (Å²) in [6, 6.07) is 7.70. The number of hydrogen-bond acceptors (Lipinski definition) is 4. The van der Waals surface area contributed by atoms with Gasteiger partial charge in [-0.05, 0) is 18.9 Å². The summed E-state index contributed by atoms with van der Waals surface area (Å²) < 4.78 is 1.01. The van der Waals surface area contributed by atoms with Crippen LogP contribution in [-0.4, -0.2) is 23.2 Å². The number of hydrogen-bond donors (Lipinski definition) is 3. The van der Waals surface area contributed by atoms with Crippen LogP contribution in [0.15, 0.2) is 24.3 Å². The normalized spacial score (nSPS) is 16.7. The summed E-state index contributed by atoms with van der Waals surface area (Å²) >= 11 is 1.39. The molecule has 0 aliphatic heterocycles. The average molecular weight is 262 g/mol. The SMILES string of the molecule is Nc1c(C(=O)NC2(CO)CC2)sc2ccccc12. The van der Waals surface area contributed by atoms with Crippen LogP contribution in [0.25, 0.3) is 10.1 Å². The first kappa shape index (κ1) is 11.5. The van der Waals surface area contributed by atoms with Crippen molar-refractivity contribution in [1.82, 2.24) is 5.32 Å². The van der Waals surface area contributed by atoms with Crippen LogP contribution in [0.2, 0.25) is 0 Å². The van der Waals surface area contributed by atoms with Gasteiger partial charge in [-0.25, -0.2) is 0 Å². The standard InChI is InChI=1S/C13H14N2O2S/c14-10-8-3-1-2-4-9(8)18-11(10)12(17)15-13(7-16)5-6-13/h1-4,16H,5-7,14H2,(H,15,17). The van der Waals surface area contributed by atoms with Crippen LogP contribution in [-0.2, 0) is 0 Å². The van der Waals surface area contributed by atoms with E-state index in [1.165, 1.54) is 11.3 Å². The monoisotopic (exact) mass is 262 g/mol. The third-order valence-corrected chi connectivity index (χ3v) is 4.56. The van der Waals surface area contributed by atoms with Gasteiger partial charge in [-0.1, -0.05) is 18.2 Å². The molecule has 4 nitrogen and oxygen atoms in total. The number of carbonyl (C=O) groups is 1. The third-order valence-electron chi connectivity index (χ3n) is 3.38. The molecule has 0 bridgehead atoms. The zero-order chi connectivity index (χ0) is 12.8. The number of benzene rings is 1. The number of carbonyl (C=O) groups excluding carboxylic acids is 1. The van der Waals surface area contributed by atoms with Crippen molar-refractivity contribution >= 4 is 33.0 Å². The zero-order valence-electron chi connectivity index (χ0n) is 9.77. The molecular formula is C13H14N2O2S. The maximum Gasteiger partial charge on any atom is 0.264 e. The van der Waals surface area contributed by atoms with Crippen molar-refractivity contribution in [1.29, 1.82) is 0 Å². The van der Waals surface area contributed by atoms with Crippen LogP contribution in [0.3, 0.4) is 0 Å². The number of rotatable bonds is 3. The molecule has 1 amide bonds. The Morgan fingerprint density at radius 1 is 1.44 bits per heavy atom. The Balaban J connectivity index is 1.94. The molecule has 1 fully saturated rings. The number of nitrogen functional groups attached to an aromatic ring is 1. The van der Waals surface area contributed by atoms with E-state index >= 15 is 0 Å². The number of aliphatic hydroxyl groups is 1. The fraction of sp³-hybridized carbons (Fsp3) is 0.308. The second-order valence-electron chi connectivity index (χ2n) is 4.73. The molecule has 0 atom stereocenters. The van der Waals surface area contributed by atoms with Gasteiger partial charge in [0.05, 0.1) is 17.8 Å². The van der Waals surface area contributed by atoms with Gasteiger partial charge < -0.3 is 16.2 Å². The minimum absolute atomic E-state index is 0.0104. The quantitative estimate of drug-likeness (QED) is 0.788. The summed E-state index contributed by atoms with van der Waals surface area (Å²) in [6.07, 6.45) is 1.67. The van der Waals surface area contributed by atoms with Crippen molar-refractivity contribution in [3.8, 4) is 0 Å². The lowest BCUT2D eigenvalue weighted by Gasteiger charge is -2.13. The van der Waals surface area contributed by atoms with E-state index in [0.717, 1.165) is 22.9 Å². The van der Waals surface area contributed by atoms with E-state index in [0.29, 0.717) is 10.6 Å². The Labute approximate surface area is 108 Å². The summed E-state index contributed by atoms with van der Waals surface area (Å²) in [4.78, 5) is 12.7. The van der Waals surface area contributed by atoms with Crippen molar-refractivity contribution in [2.45, 2.75) is 18.4 Å². The van der Waals surface area contributed by atoms with Gasteiger partial charge in [0.1, 0.15) is 4.88 Å². The highest BCUT2D eigenvalue weighted by Gasteiger charge is 2.44. The molecule has 5 heteroatoms. The number of nitrogens with two attached hydrogens (primary N) is 1. The Morgan fingerprint density at radius 3 is 2.78 bits per heavy atom. The predicted molar refractivity (Wildman–Crippen MR) is 72.8 cm³/mol. The van der Waals surface area contributed by atoms with Crippen molar-refractivity contribution < 1.29 is 9.90 Å². The van der Waals surface area contributed by atoms with Crippen molar-refractivity contribution in [2.24, 2.45) is 0 Å². The topological polar surface area (TPSA) is 75.4 Å². The van der Waals surface area contributed by atoms with E-state index < -0.39 is 5.54 Å². The van der Waals surface area contributed by atoms with Crippen LogP contribution in [0.5, 0.6) is 0 Å². The maximum atomic E-state index is 12.2. The molecule has 1 aliphatic carbocycles. The predicted octanol–water partition coefficient (Wildman–Crippen LogP) is 1.74. The molecule has 1 saturated carbocycles. The molecule has 4 N–H and O–H groups in total. The summed E-state index contributed by atoms with van der Waals surface area (Å²) in [6.45, 7) is -0.0104. The van der Waals surface area contributed by atoms with E-state index in [1.807, 2.05) is 24.3 Å². The highest BCUT2D eigenvalue weighted by molar-refractivity contribution is 7.21. The molecule has 1 heterocycles. The van der Waals surface area contributed by atoms with Crippen LogP contribution < -0.4 is 11.1 Å². The summed E-state index contributed by atoms with van der Waals surface area (Å²) in [5.41, 5.74) is 6.13. The maximum absolute atomic E-state index is 12.2. The van der Waals surface area contributed by atoms with Gasteiger partial charge in [0, 0.05) is 10.1 Å². The summed E-state index contributed by atoms with van der Waals surface area (Å²) in [7, 11) is 0. The largest absolute Gasteiger partial charge is 0.397 e. The molecule has 1 aliphatic rings. The molecule has 1 aromatic heterocycles. The number of nitrogens with one attached hydrogen (secondary N) is 1. The van der Waals surface area contributed by atoms with Gasteiger partial charge in [-0.2, -0.15) is 0 Å². The number of amides is 1. The van der Waals surface area contributed by atoms with E-state index in [2.05, 4.69) is 5.32 Å². The highest BCUT2D eigenvalue weighted by atomic mass is 32.1. The third kappa shape index (κ3) is 1.76. The lowest BCUT2D eigenvalue weighted by molar-refractivity contribution is 0.0912. The smallest absolute Gasteiger partial charge is 0.264 e. The average Bonchev–Trinajstić information content (AvgIpc) is 3.08. The van der Waals surface area contributed by atoms with Gasteiger partial charge >= 0.3 is 0 Å². The molecule has 3 rings (SSSR count).